The van der Waals surface area contributed by atoms with Gasteiger partial charge in [-0.05, 0) is 18.1 Å². The second-order valence-corrected chi connectivity index (χ2v) is 6.74. The maximum absolute atomic E-state index is 12.4. The highest BCUT2D eigenvalue weighted by molar-refractivity contribution is 7.13. The molecule has 7 nitrogen and oxygen atoms in total. The lowest BCUT2D eigenvalue weighted by Crippen LogP contribution is -2.23. The summed E-state index contributed by atoms with van der Waals surface area (Å²) in [5.74, 6) is -0.218. The Morgan fingerprint density at radius 2 is 2.04 bits per heavy atom. The number of carbonyl (C=O) groups excluding carboxylic acids is 1. The summed E-state index contributed by atoms with van der Waals surface area (Å²) in [6.07, 6.45) is 4.83. The number of thiazole rings is 1. The van der Waals surface area contributed by atoms with Crippen molar-refractivity contribution in [1.82, 2.24) is 20.3 Å². The maximum Gasteiger partial charge on any atom is 0.271 e. The number of hydrogen-bond donors (Lipinski definition) is 1. The van der Waals surface area contributed by atoms with Gasteiger partial charge in [0.2, 0.25) is 0 Å². The van der Waals surface area contributed by atoms with Gasteiger partial charge in [0.25, 0.3) is 5.91 Å². The van der Waals surface area contributed by atoms with Gasteiger partial charge in [-0.2, -0.15) is 0 Å². The summed E-state index contributed by atoms with van der Waals surface area (Å²) < 4.78 is 10.8. The van der Waals surface area contributed by atoms with Crippen LogP contribution in [0.2, 0.25) is 0 Å². The first-order chi connectivity index (χ1) is 13.8. The highest BCUT2D eigenvalue weighted by Gasteiger charge is 2.12. The van der Waals surface area contributed by atoms with Gasteiger partial charge in [0.15, 0.2) is 0 Å². The van der Waals surface area contributed by atoms with Gasteiger partial charge in [0.05, 0.1) is 26.0 Å². The zero-order valence-corrected chi connectivity index (χ0v) is 16.4. The average Bonchev–Trinajstić information content (AvgIpc) is 3.23. The number of benzene rings is 1. The second kappa shape index (κ2) is 10.6. The summed E-state index contributed by atoms with van der Waals surface area (Å²) in [6, 6.07) is 7.94. The van der Waals surface area contributed by atoms with Gasteiger partial charge < -0.3 is 14.8 Å². The quantitative estimate of drug-likeness (QED) is 0.528. The molecule has 0 bridgehead atoms. The molecular formula is C20H22N4O3S. The van der Waals surface area contributed by atoms with Gasteiger partial charge in [-0.1, -0.05) is 24.3 Å². The van der Waals surface area contributed by atoms with Crippen molar-refractivity contribution in [3.8, 4) is 10.7 Å². The third-order valence-corrected chi connectivity index (χ3v) is 4.67. The molecular weight excluding hydrogens is 376 g/mol. The minimum Gasteiger partial charge on any atom is -0.379 e. The molecule has 0 unspecified atom stereocenters. The average molecular weight is 398 g/mol. The molecule has 3 rings (SSSR count). The third-order valence-electron chi connectivity index (χ3n) is 3.81. The van der Waals surface area contributed by atoms with Crippen LogP contribution in [-0.4, -0.2) is 40.7 Å². The molecule has 1 N–H and O–H groups in total. The van der Waals surface area contributed by atoms with Gasteiger partial charge in [-0.15, -0.1) is 11.3 Å². The molecule has 0 aliphatic heterocycles. The number of carbonyl (C=O) groups is 1. The normalized spacial score (nSPS) is 10.8. The van der Waals surface area contributed by atoms with E-state index in [2.05, 4.69) is 20.3 Å². The van der Waals surface area contributed by atoms with Gasteiger partial charge >= 0.3 is 0 Å². The Morgan fingerprint density at radius 3 is 2.86 bits per heavy atom. The molecule has 2 aromatic heterocycles. The Kier molecular flexibility index (Phi) is 7.60. The van der Waals surface area contributed by atoms with E-state index < -0.39 is 0 Å². The largest absolute Gasteiger partial charge is 0.379 e. The minimum atomic E-state index is -0.218. The van der Waals surface area contributed by atoms with Crippen LogP contribution in [0.25, 0.3) is 10.7 Å². The molecule has 0 saturated carbocycles. The third kappa shape index (κ3) is 5.91. The summed E-state index contributed by atoms with van der Waals surface area (Å²) in [5.41, 5.74) is 3.09. The van der Waals surface area contributed by atoms with Crippen LogP contribution in [0.4, 0.5) is 0 Å². The van der Waals surface area contributed by atoms with Crippen LogP contribution in [0.1, 0.15) is 28.5 Å². The van der Waals surface area contributed by atoms with E-state index in [1.165, 1.54) is 11.3 Å². The predicted molar refractivity (Wildman–Crippen MR) is 107 cm³/mol. The molecule has 2 heterocycles. The van der Waals surface area contributed by atoms with E-state index in [-0.39, 0.29) is 5.91 Å². The highest BCUT2D eigenvalue weighted by Crippen LogP contribution is 2.20. The zero-order chi connectivity index (χ0) is 19.6. The topological polar surface area (TPSA) is 86.2 Å². The highest BCUT2D eigenvalue weighted by atomic mass is 32.1. The first kappa shape index (κ1) is 20.1. The van der Waals surface area contributed by atoms with E-state index in [1.807, 2.05) is 31.2 Å². The predicted octanol–water partition coefficient (Wildman–Crippen LogP) is 3.08. The zero-order valence-electron chi connectivity index (χ0n) is 15.6. The summed E-state index contributed by atoms with van der Waals surface area (Å²) in [5, 5.41) is 5.29. The van der Waals surface area contributed by atoms with Crippen LogP contribution in [0.3, 0.4) is 0 Å². The number of nitrogens with zero attached hydrogens (tertiary/aromatic N) is 3. The summed E-state index contributed by atoms with van der Waals surface area (Å²) in [4.78, 5) is 24.9. The Balaban J connectivity index is 1.51. The van der Waals surface area contributed by atoms with Crippen molar-refractivity contribution in [2.45, 2.75) is 20.1 Å². The number of hydrogen-bond acceptors (Lipinski definition) is 7. The van der Waals surface area contributed by atoms with Crippen molar-refractivity contribution in [3.05, 3.63) is 65.1 Å². The first-order valence-corrected chi connectivity index (χ1v) is 9.87. The van der Waals surface area contributed by atoms with Crippen molar-refractivity contribution >= 4 is 17.2 Å². The second-order valence-electron chi connectivity index (χ2n) is 5.88. The van der Waals surface area contributed by atoms with Crippen molar-refractivity contribution < 1.29 is 14.3 Å². The number of aromatic nitrogens is 3. The fourth-order valence-corrected chi connectivity index (χ4v) is 3.22. The first-order valence-electron chi connectivity index (χ1n) is 8.99. The van der Waals surface area contributed by atoms with E-state index in [0.29, 0.717) is 49.4 Å². The van der Waals surface area contributed by atoms with Crippen LogP contribution < -0.4 is 5.32 Å². The molecule has 3 aromatic rings. The van der Waals surface area contributed by atoms with Gasteiger partial charge in [0.1, 0.15) is 16.4 Å². The van der Waals surface area contributed by atoms with Crippen LogP contribution in [-0.2, 0) is 22.6 Å². The van der Waals surface area contributed by atoms with E-state index >= 15 is 0 Å². The van der Waals surface area contributed by atoms with E-state index in [0.717, 1.165) is 11.1 Å². The SMILES string of the molecule is CCOCCOCc1cccc(CNC(=O)c2csc(-c3cnccn3)n2)c1. The Bertz CT molecular complexity index is 886. The van der Waals surface area contributed by atoms with Crippen molar-refractivity contribution in [2.24, 2.45) is 0 Å². The molecule has 0 aliphatic carbocycles. The van der Waals surface area contributed by atoms with Gasteiger partial charge in [-0.3, -0.25) is 14.8 Å². The smallest absolute Gasteiger partial charge is 0.271 e. The Labute approximate surface area is 167 Å². The summed E-state index contributed by atoms with van der Waals surface area (Å²) in [6.45, 7) is 4.74. The van der Waals surface area contributed by atoms with Crippen molar-refractivity contribution in [2.75, 3.05) is 19.8 Å². The molecule has 146 valence electrons. The lowest BCUT2D eigenvalue weighted by molar-refractivity contribution is 0.0453. The standard InChI is InChI=1S/C20H22N4O3S/c1-2-26-8-9-27-13-16-5-3-4-15(10-16)11-23-19(25)18-14-28-20(24-18)17-12-21-6-7-22-17/h3-7,10,12,14H,2,8-9,11,13H2,1H3,(H,23,25). The minimum absolute atomic E-state index is 0.218. The fraction of sp³-hybridized carbons (Fsp3) is 0.300. The van der Waals surface area contributed by atoms with E-state index in [1.54, 1.807) is 24.0 Å². The summed E-state index contributed by atoms with van der Waals surface area (Å²) >= 11 is 1.37. The molecule has 0 radical (unpaired) electrons. The molecule has 8 heteroatoms. The van der Waals surface area contributed by atoms with Crippen LogP contribution >= 0.6 is 11.3 Å². The van der Waals surface area contributed by atoms with Crippen LogP contribution in [0.5, 0.6) is 0 Å². The van der Waals surface area contributed by atoms with Gasteiger partial charge in [-0.25, -0.2) is 4.98 Å². The Morgan fingerprint density at radius 1 is 1.18 bits per heavy atom. The number of ether oxygens (including phenoxy) is 2. The Hall–Kier alpha value is -2.68. The van der Waals surface area contributed by atoms with Gasteiger partial charge in [0, 0.05) is 30.9 Å². The number of rotatable bonds is 10. The van der Waals surface area contributed by atoms with E-state index in [4.69, 9.17) is 9.47 Å². The molecule has 0 fully saturated rings. The van der Waals surface area contributed by atoms with Crippen molar-refractivity contribution in [3.63, 3.8) is 0 Å². The van der Waals surface area contributed by atoms with E-state index in [9.17, 15) is 4.79 Å². The molecule has 1 amide bonds. The summed E-state index contributed by atoms with van der Waals surface area (Å²) in [7, 11) is 0. The van der Waals surface area contributed by atoms with Crippen LogP contribution in [0.15, 0.2) is 48.2 Å². The lowest BCUT2D eigenvalue weighted by atomic mass is 10.1. The molecule has 0 atom stereocenters. The molecule has 0 spiro atoms. The molecule has 0 aliphatic rings. The lowest BCUT2D eigenvalue weighted by Gasteiger charge is -2.08. The maximum atomic E-state index is 12.4. The van der Waals surface area contributed by atoms with Crippen molar-refractivity contribution in [1.29, 1.82) is 0 Å². The molecule has 28 heavy (non-hydrogen) atoms. The molecule has 1 aromatic carbocycles. The fourth-order valence-electron chi connectivity index (χ4n) is 2.46. The number of nitrogens with one attached hydrogen (secondary N) is 1. The monoisotopic (exact) mass is 398 g/mol. The number of amides is 1. The molecule has 0 saturated heterocycles. The van der Waals surface area contributed by atoms with Crippen LogP contribution in [0, 0.1) is 0 Å².